The quantitative estimate of drug-likeness (QED) is 0.711. The summed E-state index contributed by atoms with van der Waals surface area (Å²) in [6.45, 7) is 6.48. The largest absolute Gasteiger partial charge is 0.478 e. The molecular weight excluding hydrogens is 194 g/mol. The van der Waals surface area contributed by atoms with Crippen LogP contribution in [0.25, 0.3) is 0 Å². The average Bonchev–Trinajstić information content (AvgIpc) is 2.17. The van der Waals surface area contributed by atoms with Gasteiger partial charge in [-0.3, -0.25) is 4.90 Å². The molecule has 0 radical (unpaired) electrons. The summed E-state index contributed by atoms with van der Waals surface area (Å²) in [4.78, 5) is 12.6. The van der Waals surface area contributed by atoms with E-state index in [2.05, 4.69) is 11.8 Å². The minimum Gasteiger partial charge on any atom is -0.478 e. The first-order valence-electron chi connectivity index (χ1n) is 5.38. The average molecular weight is 213 g/mol. The molecule has 0 spiro atoms. The van der Waals surface area contributed by atoms with Gasteiger partial charge in [-0.2, -0.15) is 0 Å². The third-order valence-corrected chi connectivity index (χ3v) is 2.65. The maximum absolute atomic E-state index is 10.3. The molecule has 0 aromatic carbocycles. The van der Waals surface area contributed by atoms with Gasteiger partial charge in [-0.1, -0.05) is 13.0 Å². The second-order valence-electron chi connectivity index (χ2n) is 3.90. The predicted molar refractivity (Wildman–Crippen MR) is 57.8 cm³/mol. The Labute approximate surface area is 90.5 Å². The van der Waals surface area contributed by atoms with E-state index in [1.807, 2.05) is 6.92 Å². The number of carboxylic acid groups (broad SMARTS) is 1. The van der Waals surface area contributed by atoms with Crippen LogP contribution in [0, 0.1) is 0 Å². The van der Waals surface area contributed by atoms with Gasteiger partial charge in [0.1, 0.15) is 0 Å². The molecule has 2 atom stereocenters. The number of hydrogen-bond acceptors (Lipinski definition) is 3. The van der Waals surface area contributed by atoms with Gasteiger partial charge in [-0.15, -0.1) is 0 Å². The van der Waals surface area contributed by atoms with Crippen LogP contribution in [0.2, 0.25) is 0 Å². The third kappa shape index (κ3) is 4.01. The number of rotatable bonds is 4. The van der Waals surface area contributed by atoms with Crippen LogP contribution in [0.4, 0.5) is 0 Å². The van der Waals surface area contributed by atoms with Gasteiger partial charge in [0.05, 0.1) is 12.7 Å². The molecule has 0 saturated carbocycles. The summed E-state index contributed by atoms with van der Waals surface area (Å²) in [5.41, 5.74) is 0. The Balaban J connectivity index is 2.45. The van der Waals surface area contributed by atoms with Crippen LogP contribution in [-0.4, -0.2) is 47.8 Å². The topological polar surface area (TPSA) is 49.8 Å². The van der Waals surface area contributed by atoms with Gasteiger partial charge in [0.2, 0.25) is 0 Å². The Kier molecular flexibility index (Phi) is 4.78. The van der Waals surface area contributed by atoms with Crippen molar-refractivity contribution in [2.24, 2.45) is 0 Å². The molecular formula is C11H19NO3. The van der Waals surface area contributed by atoms with Gasteiger partial charge in [-0.05, 0) is 13.3 Å². The van der Waals surface area contributed by atoms with Gasteiger partial charge in [0, 0.05) is 25.2 Å². The summed E-state index contributed by atoms with van der Waals surface area (Å²) < 4.78 is 5.56. The van der Waals surface area contributed by atoms with Crippen molar-refractivity contribution in [1.82, 2.24) is 4.90 Å². The van der Waals surface area contributed by atoms with Crippen molar-refractivity contribution in [3.63, 3.8) is 0 Å². The second kappa shape index (κ2) is 5.88. The van der Waals surface area contributed by atoms with Gasteiger partial charge in [0.25, 0.3) is 0 Å². The molecule has 1 N–H and O–H groups in total. The highest BCUT2D eigenvalue weighted by Gasteiger charge is 2.24. The lowest BCUT2D eigenvalue weighted by atomic mass is 10.1. The molecule has 0 aliphatic carbocycles. The monoisotopic (exact) mass is 213 g/mol. The molecule has 86 valence electrons. The number of aliphatic carboxylic acids is 1. The highest BCUT2D eigenvalue weighted by atomic mass is 16.5. The molecule has 1 aliphatic rings. The van der Waals surface area contributed by atoms with Crippen LogP contribution in [0.3, 0.4) is 0 Å². The van der Waals surface area contributed by atoms with Crippen LogP contribution in [-0.2, 0) is 9.53 Å². The molecule has 0 amide bonds. The number of hydrogen-bond donors (Lipinski definition) is 1. The minimum atomic E-state index is -0.885. The van der Waals surface area contributed by atoms with E-state index in [0.29, 0.717) is 12.6 Å². The van der Waals surface area contributed by atoms with Crippen molar-refractivity contribution in [1.29, 1.82) is 0 Å². The highest BCUT2D eigenvalue weighted by molar-refractivity contribution is 5.79. The molecule has 1 aliphatic heterocycles. The van der Waals surface area contributed by atoms with Gasteiger partial charge in [-0.25, -0.2) is 4.79 Å². The molecule has 1 saturated heterocycles. The normalized spacial score (nSPS) is 28.4. The first-order chi connectivity index (χ1) is 7.13. The van der Waals surface area contributed by atoms with Crippen molar-refractivity contribution >= 4 is 5.97 Å². The van der Waals surface area contributed by atoms with E-state index in [0.717, 1.165) is 19.6 Å². The zero-order valence-electron chi connectivity index (χ0n) is 9.35. The van der Waals surface area contributed by atoms with Crippen LogP contribution in [0.15, 0.2) is 12.2 Å². The van der Waals surface area contributed by atoms with Crippen LogP contribution in [0.5, 0.6) is 0 Å². The van der Waals surface area contributed by atoms with E-state index in [1.165, 1.54) is 6.08 Å². The smallest absolute Gasteiger partial charge is 0.328 e. The van der Waals surface area contributed by atoms with E-state index in [9.17, 15) is 4.79 Å². The molecule has 1 rings (SSSR count). The van der Waals surface area contributed by atoms with E-state index in [-0.39, 0.29) is 6.10 Å². The Morgan fingerprint density at radius 3 is 3.00 bits per heavy atom. The maximum atomic E-state index is 10.3. The Morgan fingerprint density at radius 1 is 1.67 bits per heavy atom. The first-order valence-corrected chi connectivity index (χ1v) is 5.38. The summed E-state index contributed by atoms with van der Waals surface area (Å²) >= 11 is 0. The number of carboxylic acids is 1. The molecule has 2 unspecified atom stereocenters. The van der Waals surface area contributed by atoms with E-state index >= 15 is 0 Å². The summed E-state index contributed by atoms with van der Waals surface area (Å²) in [5.74, 6) is -0.885. The van der Waals surface area contributed by atoms with Crippen molar-refractivity contribution in [3.8, 4) is 0 Å². The second-order valence-corrected chi connectivity index (χ2v) is 3.90. The lowest BCUT2D eigenvalue weighted by Crippen LogP contribution is -2.48. The number of nitrogens with zero attached hydrogens (tertiary/aromatic N) is 1. The lowest BCUT2D eigenvalue weighted by molar-refractivity contribution is -0.131. The summed E-state index contributed by atoms with van der Waals surface area (Å²) in [7, 11) is 0. The minimum absolute atomic E-state index is 0.242. The van der Waals surface area contributed by atoms with Gasteiger partial charge >= 0.3 is 5.97 Å². The molecule has 0 bridgehead atoms. The molecule has 4 nitrogen and oxygen atoms in total. The standard InChI is InChI=1S/C11H19NO3/c1-3-10-8-15-9(2)7-12(10)6-4-5-11(13)14/h4-5,9-10H,3,6-8H2,1-2H3,(H,13,14). The fourth-order valence-electron chi connectivity index (χ4n) is 1.80. The van der Waals surface area contributed by atoms with Crippen LogP contribution >= 0.6 is 0 Å². The fourth-order valence-corrected chi connectivity index (χ4v) is 1.80. The summed E-state index contributed by atoms with van der Waals surface area (Å²) in [6, 6.07) is 0.416. The van der Waals surface area contributed by atoms with Crippen molar-refractivity contribution in [3.05, 3.63) is 12.2 Å². The molecule has 1 heterocycles. The van der Waals surface area contributed by atoms with E-state index in [4.69, 9.17) is 9.84 Å². The van der Waals surface area contributed by atoms with Crippen LogP contribution < -0.4 is 0 Å². The number of carbonyl (C=O) groups is 1. The van der Waals surface area contributed by atoms with Crippen molar-refractivity contribution in [2.75, 3.05) is 19.7 Å². The van der Waals surface area contributed by atoms with Crippen LogP contribution in [0.1, 0.15) is 20.3 Å². The zero-order valence-corrected chi connectivity index (χ0v) is 9.35. The maximum Gasteiger partial charge on any atom is 0.328 e. The third-order valence-electron chi connectivity index (χ3n) is 2.65. The highest BCUT2D eigenvalue weighted by Crippen LogP contribution is 2.13. The lowest BCUT2D eigenvalue weighted by Gasteiger charge is -2.37. The molecule has 4 heteroatoms. The predicted octanol–water partition coefficient (Wildman–Crippen LogP) is 1.13. The Hall–Kier alpha value is -0.870. The van der Waals surface area contributed by atoms with Crippen molar-refractivity contribution in [2.45, 2.75) is 32.4 Å². The number of ether oxygens (including phenoxy) is 1. The van der Waals surface area contributed by atoms with E-state index in [1.54, 1.807) is 6.08 Å². The molecule has 15 heavy (non-hydrogen) atoms. The fraction of sp³-hybridized carbons (Fsp3) is 0.727. The molecule has 0 aromatic heterocycles. The molecule has 1 fully saturated rings. The van der Waals surface area contributed by atoms with Gasteiger partial charge in [0.15, 0.2) is 0 Å². The summed E-state index contributed by atoms with van der Waals surface area (Å²) in [6.07, 6.45) is 4.18. The zero-order chi connectivity index (χ0) is 11.3. The van der Waals surface area contributed by atoms with Crippen molar-refractivity contribution < 1.29 is 14.6 Å². The first kappa shape index (κ1) is 12.2. The Morgan fingerprint density at radius 2 is 2.40 bits per heavy atom. The number of morpholine rings is 1. The van der Waals surface area contributed by atoms with E-state index < -0.39 is 5.97 Å². The summed E-state index contributed by atoms with van der Waals surface area (Å²) in [5, 5.41) is 8.49. The Bertz CT molecular complexity index is 240. The van der Waals surface area contributed by atoms with Gasteiger partial charge < -0.3 is 9.84 Å². The molecule has 0 aromatic rings. The SMILES string of the molecule is CCC1COC(C)CN1CC=CC(=O)O.